The van der Waals surface area contributed by atoms with Crippen LogP contribution in [0.5, 0.6) is 0 Å². The SMILES string of the molecule is CC(C)OCCCNC(=O)COC(=O)c1ccc2c3c(cccc13)CC2. The van der Waals surface area contributed by atoms with Crippen LogP contribution in [0.15, 0.2) is 30.3 Å². The maximum Gasteiger partial charge on any atom is 0.339 e. The van der Waals surface area contributed by atoms with E-state index in [1.54, 1.807) is 6.07 Å². The molecule has 0 fully saturated rings. The zero-order valence-electron chi connectivity index (χ0n) is 15.3. The van der Waals surface area contributed by atoms with E-state index in [-0.39, 0.29) is 18.6 Å². The first-order valence-electron chi connectivity index (χ1n) is 9.15. The summed E-state index contributed by atoms with van der Waals surface area (Å²) in [6.07, 6.45) is 2.93. The largest absolute Gasteiger partial charge is 0.452 e. The number of benzene rings is 2. The predicted octanol–water partition coefficient (Wildman–Crippen LogP) is 3.03. The highest BCUT2D eigenvalue weighted by atomic mass is 16.5. The highest BCUT2D eigenvalue weighted by molar-refractivity contribution is 6.07. The molecule has 2 aromatic rings. The summed E-state index contributed by atoms with van der Waals surface area (Å²) in [5, 5.41) is 4.81. The van der Waals surface area contributed by atoms with Gasteiger partial charge < -0.3 is 14.8 Å². The second kappa shape index (κ2) is 8.32. The Bertz CT molecular complexity index is 803. The molecule has 5 nitrogen and oxygen atoms in total. The normalized spacial score (nSPS) is 12.6. The first-order chi connectivity index (χ1) is 12.6. The number of amides is 1. The Labute approximate surface area is 153 Å². The van der Waals surface area contributed by atoms with Crippen LogP contribution in [0.1, 0.15) is 41.8 Å². The quantitative estimate of drug-likeness (QED) is 0.584. The van der Waals surface area contributed by atoms with Gasteiger partial charge in [-0.2, -0.15) is 0 Å². The highest BCUT2D eigenvalue weighted by Gasteiger charge is 2.19. The average molecular weight is 355 g/mol. The fraction of sp³-hybridized carbons (Fsp3) is 0.429. The number of nitrogens with one attached hydrogen (secondary N) is 1. The molecule has 0 radical (unpaired) electrons. The average Bonchev–Trinajstić information content (AvgIpc) is 3.04. The van der Waals surface area contributed by atoms with E-state index in [0.29, 0.717) is 18.7 Å². The summed E-state index contributed by atoms with van der Waals surface area (Å²) < 4.78 is 10.6. The molecule has 0 saturated heterocycles. The van der Waals surface area contributed by atoms with Crippen molar-refractivity contribution in [1.29, 1.82) is 0 Å². The van der Waals surface area contributed by atoms with Crippen LogP contribution in [0.25, 0.3) is 10.8 Å². The summed E-state index contributed by atoms with van der Waals surface area (Å²) in [6.45, 7) is 4.77. The zero-order chi connectivity index (χ0) is 18.5. The lowest BCUT2D eigenvalue weighted by molar-refractivity contribution is -0.124. The molecule has 0 spiro atoms. The molecule has 0 bridgehead atoms. The summed E-state index contributed by atoms with van der Waals surface area (Å²) in [7, 11) is 0. The van der Waals surface area contributed by atoms with Crippen molar-refractivity contribution >= 4 is 22.6 Å². The Kier molecular flexibility index (Phi) is 5.89. The lowest BCUT2D eigenvalue weighted by atomic mass is 10.00. The van der Waals surface area contributed by atoms with Crippen LogP contribution in [0.3, 0.4) is 0 Å². The van der Waals surface area contributed by atoms with Crippen LogP contribution in [-0.2, 0) is 27.1 Å². The van der Waals surface area contributed by atoms with Gasteiger partial charge in [0, 0.05) is 13.2 Å². The van der Waals surface area contributed by atoms with E-state index in [0.717, 1.165) is 30.0 Å². The number of hydrogen-bond acceptors (Lipinski definition) is 4. The van der Waals surface area contributed by atoms with E-state index < -0.39 is 5.97 Å². The summed E-state index contributed by atoms with van der Waals surface area (Å²) in [4.78, 5) is 24.3. The first-order valence-corrected chi connectivity index (χ1v) is 9.15. The lowest BCUT2D eigenvalue weighted by Gasteiger charge is -2.10. The van der Waals surface area contributed by atoms with Crippen LogP contribution in [0.4, 0.5) is 0 Å². The van der Waals surface area contributed by atoms with E-state index >= 15 is 0 Å². The molecule has 1 amide bonds. The van der Waals surface area contributed by atoms with Crippen molar-refractivity contribution in [3.05, 3.63) is 47.0 Å². The van der Waals surface area contributed by atoms with Crippen LogP contribution in [0, 0.1) is 0 Å². The molecule has 1 aliphatic rings. The highest BCUT2D eigenvalue weighted by Crippen LogP contribution is 2.32. The van der Waals surface area contributed by atoms with Gasteiger partial charge in [-0.15, -0.1) is 0 Å². The molecule has 0 aromatic heterocycles. The van der Waals surface area contributed by atoms with Crippen LogP contribution in [0.2, 0.25) is 0 Å². The molecule has 5 heteroatoms. The van der Waals surface area contributed by atoms with Crippen LogP contribution in [-0.4, -0.2) is 37.7 Å². The fourth-order valence-corrected chi connectivity index (χ4v) is 3.30. The molecule has 0 atom stereocenters. The number of carbonyl (C=O) groups is 2. The van der Waals surface area contributed by atoms with Crippen molar-refractivity contribution in [2.24, 2.45) is 0 Å². The second-order valence-electron chi connectivity index (χ2n) is 6.81. The van der Waals surface area contributed by atoms with Gasteiger partial charge in [0.15, 0.2) is 6.61 Å². The van der Waals surface area contributed by atoms with Crippen LogP contribution >= 0.6 is 0 Å². The Morgan fingerprint density at radius 3 is 2.65 bits per heavy atom. The zero-order valence-corrected chi connectivity index (χ0v) is 15.3. The summed E-state index contributed by atoms with van der Waals surface area (Å²) in [5.74, 6) is -0.757. The van der Waals surface area contributed by atoms with E-state index in [9.17, 15) is 9.59 Å². The van der Waals surface area contributed by atoms with Crippen molar-refractivity contribution in [3.63, 3.8) is 0 Å². The van der Waals surface area contributed by atoms with E-state index in [1.165, 1.54) is 11.1 Å². The minimum absolute atomic E-state index is 0.185. The molecule has 1 N–H and O–H groups in total. The third-order valence-corrected chi connectivity index (χ3v) is 4.53. The third kappa shape index (κ3) is 4.22. The van der Waals surface area contributed by atoms with Gasteiger partial charge in [0.25, 0.3) is 5.91 Å². The van der Waals surface area contributed by atoms with Gasteiger partial charge in [-0.1, -0.05) is 24.3 Å². The molecule has 3 rings (SSSR count). The molecule has 0 unspecified atom stereocenters. The van der Waals surface area contributed by atoms with E-state index in [4.69, 9.17) is 9.47 Å². The standard InChI is InChI=1S/C21H25NO4/c1-14(2)25-12-4-11-22-19(23)13-26-21(24)18-10-9-16-8-7-15-5-3-6-17(18)20(15)16/h3,5-6,9-10,14H,4,7-8,11-13H2,1-2H3,(H,22,23). The molecule has 0 aliphatic heterocycles. The molecule has 0 saturated carbocycles. The van der Waals surface area contributed by atoms with E-state index in [1.807, 2.05) is 32.0 Å². The molecule has 1 aliphatic carbocycles. The molecular formula is C21H25NO4. The van der Waals surface area contributed by atoms with Gasteiger partial charge in [0.05, 0.1) is 11.7 Å². The Morgan fingerprint density at radius 1 is 1.12 bits per heavy atom. The Hall–Kier alpha value is -2.40. The number of hydrogen-bond donors (Lipinski definition) is 1. The van der Waals surface area contributed by atoms with Gasteiger partial charge in [0.2, 0.25) is 0 Å². The van der Waals surface area contributed by atoms with Gasteiger partial charge in [0.1, 0.15) is 0 Å². The second-order valence-corrected chi connectivity index (χ2v) is 6.81. The van der Waals surface area contributed by atoms with Crippen molar-refractivity contribution in [3.8, 4) is 0 Å². The predicted molar refractivity (Wildman–Crippen MR) is 100 cm³/mol. The number of rotatable bonds is 8. The monoisotopic (exact) mass is 355 g/mol. The van der Waals surface area contributed by atoms with Crippen molar-refractivity contribution < 1.29 is 19.1 Å². The number of ether oxygens (including phenoxy) is 2. The molecular weight excluding hydrogens is 330 g/mol. The summed E-state index contributed by atoms with van der Waals surface area (Å²) in [6, 6.07) is 9.80. The number of esters is 1. The lowest BCUT2D eigenvalue weighted by Crippen LogP contribution is -2.30. The maximum absolute atomic E-state index is 12.4. The molecule has 138 valence electrons. The third-order valence-electron chi connectivity index (χ3n) is 4.53. The number of aryl methyl sites for hydroxylation is 2. The van der Waals surface area contributed by atoms with Gasteiger partial charge in [-0.3, -0.25) is 4.79 Å². The summed E-state index contributed by atoms with van der Waals surface area (Å²) >= 11 is 0. The first kappa shape index (κ1) is 18.4. The van der Waals surface area contributed by atoms with Crippen molar-refractivity contribution in [1.82, 2.24) is 5.32 Å². The number of carbonyl (C=O) groups excluding carboxylic acids is 2. The van der Waals surface area contributed by atoms with Crippen LogP contribution < -0.4 is 5.32 Å². The fourth-order valence-electron chi connectivity index (χ4n) is 3.30. The minimum Gasteiger partial charge on any atom is -0.452 e. The van der Waals surface area contributed by atoms with Crippen molar-refractivity contribution in [2.45, 2.75) is 39.2 Å². The van der Waals surface area contributed by atoms with Gasteiger partial charge >= 0.3 is 5.97 Å². The van der Waals surface area contributed by atoms with Crippen molar-refractivity contribution in [2.75, 3.05) is 19.8 Å². The molecule has 2 aromatic carbocycles. The van der Waals surface area contributed by atoms with Gasteiger partial charge in [-0.05, 0) is 61.1 Å². The molecule has 0 heterocycles. The maximum atomic E-state index is 12.4. The summed E-state index contributed by atoms with van der Waals surface area (Å²) in [5.41, 5.74) is 3.06. The molecule has 26 heavy (non-hydrogen) atoms. The Morgan fingerprint density at radius 2 is 1.88 bits per heavy atom. The minimum atomic E-state index is -0.459. The smallest absolute Gasteiger partial charge is 0.339 e. The Balaban J connectivity index is 1.53. The van der Waals surface area contributed by atoms with Gasteiger partial charge in [-0.25, -0.2) is 4.79 Å². The topological polar surface area (TPSA) is 64.6 Å². The van der Waals surface area contributed by atoms with E-state index in [2.05, 4.69) is 11.4 Å².